The van der Waals surface area contributed by atoms with E-state index >= 15 is 0 Å². The molecule has 0 aliphatic carbocycles. The van der Waals surface area contributed by atoms with Crippen LogP contribution in [0.25, 0.3) is 22.8 Å². The Morgan fingerprint density at radius 1 is 0.897 bits per heavy atom. The van der Waals surface area contributed by atoms with Gasteiger partial charge in [0.25, 0.3) is 5.91 Å². The summed E-state index contributed by atoms with van der Waals surface area (Å²) in [5, 5.41) is 3.06. The monoisotopic (exact) mass is 382 g/mol. The summed E-state index contributed by atoms with van der Waals surface area (Å²) >= 11 is 0. The van der Waals surface area contributed by atoms with E-state index in [4.69, 9.17) is 4.42 Å². The smallest absolute Gasteiger partial charge is 0.256 e. The van der Waals surface area contributed by atoms with Gasteiger partial charge in [-0.15, -0.1) is 0 Å². The second-order valence-corrected chi connectivity index (χ2v) is 7.17. The first-order chi connectivity index (χ1) is 14.0. The molecule has 0 saturated heterocycles. The van der Waals surface area contributed by atoms with E-state index in [0.717, 1.165) is 22.4 Å². The zero-order chi connectivity index (χ0) is 20.4. The second-order valence-electron chi connectivity index (χ2n) is 7.17. The van der Waals surface area contributed by atoms with Crippen molar-refractivity contribution in [3.8, 4) is 22.8 Å². The van der Waals surface area contributed by atoms with Crippen LogP contribution in [0.15, 0.2) is 77.3 Å². The molecule has 1 amide bonds. The van der Waals surface area contributed by atoms with E-state index in [9.17, 15) is 4.79 Å². The molecule has 0 unspecified atom stereocenters. The molecular weight excluding hydrogens is 360 g/mol. The number of nitrogens with zero attached hydrogens (tertiary/aromatic N) is 1. The lowest BCUT2D eigenvalue weighted by Crippen LogP contribution is -2.15. The van der Waals surface area contributed by atoms with Crippen LogP contribution in [0.3, 0.4) is 0 Å². The van der Waals surface area contributed by atoms with Crippen LogP contribution in [0.4, 0.5) is 5.69 Å². The maximum Gasteiger partial charge on any atom is 0.256 e. The van der Waals surface area contributed by atoms with Crippen LogP contribution < -0.4 is 5.32 Å². The molecule has 1 heterocycles. The van der Waals surface area contributed by atoms with E-state index in [2.05, 4.69) is 22.4 Å². The molecule has 4 nitrogen and oxygen atoms in total. The number of aryl methyl sites for hydroxylation is 3. The number of amides is 1. The SMILES string of the molecule is Cc1cc(C)c(NC(=O)c2ccccc2-c2ncc(-c3ccccc3)o2)c(C)c1. The van der Waals surface area contributed by atoms with Crippen LogP contribution in [0.5, 0.6) is 0 Å². The summed E-state index contributed by atoms with van der Waals surface area (Å²) in [5.74, 6) is 0.906. The van der Waals surface area contributed by atoms with Gasteiger partial charge in [0.1, 0.15) is 0 Å². The Bertz CT molecular complexity index is 1150. The molecule has 144 valence electrons. The minimum Gasteiger partial charge on any atom is -0.436 e. The molecule has 0 saturated carbocycles. The largest absolute Gasteiger partial charge is 0.436 e. The minimum absolute atomic E-state index is 0.185. The molecule has 0 aliphatic rings. The number of hydrogen-bond acceptors (Lipinski definition) is 3. The Morgan fingerprint density at radius 3 is 2.28 bits per heavy atom. The predicted octanol–water partition coefficient (Wildman–Crippen LogP) is 6.19. The highest BCUT2D eigenvalue weighted by Gasteiger charge is 2.18. The number of nitrogens with one attached hydrogen (secondary N) is 1. The molecule has 0 fully saturated rings. The maximum absolute atomic E-state index is 13.1. The van der Waals surface area contributed by atoms with Gasteiger partial charge in [-0.3, -0.25) is 4.79 Å². The van der Waals surface area contributed by atoms with Crippen LogP contribution in [0.2, 0.25) is 0 Å². The molecule has 4 aromatic rings. The number of oxazole rings is 1. The third-order valence-electron chi connectivity index (χ3n) is 4.88. The molecule has 4 rings (SSSR count). The Morgan fingerprint density at radius 2 is 1.55 bits per heavy atom. The highest BCUT2D eigenvalue weighted by atomic mass is 16.4. The predicted molar refractivity (Wildman–Crippen MR) is 116 cm³/mol. The third kappa shape index (κ3) is 3.83. The third-order valence-corrected chi connectivity index (χ3v) is 4.88. The molecular formula is C25H22N2O2. The second kappa shape index (κ2) is 7.76. The first-order valence-corrected chi connectivity index (χ1v) is 9.53. The molecule has 3 aromatic carbocycles. The van der Waals surface area contributed by atoms with Gasteiger partial charge in [-0.25, -0.2) is 4.98 Å². The fraction of sp³-hybridized carbons (Fsp3) is 0.120. The number of benzene rings is 3. The topological polar surface area (TPSA) is 55.1 Å². The lowest BCUT2D eigenvalue weighted by Gasteiger charge is -2.14. The average molecular weight is 382 g/mol. The molecule has 29 heavy (non-hydrogen) atoms. The van der Waals surface area contributed by atoms with Crippen LogP contribution >= 0.6 is 0 Å². The van der Waals surface area contributed by atoms with E-state index in [-0.39, 0.29) is 5.91 Å². The van der Waals surface area contributed by atoms with Crippen molar-refractivity contribution in [1.82, 2.24) is 4.98 Å². The van der Waals surface area contributed by atoms with E-state index in [1.54, 1.807) is 12.3 Å². The van der Waals surface area contributed by atoms with Crippen molar-refractivity contribution < 1.29 is 9.21 Å². The normalized spacial score (nSPS) is 10.7. The van der Waals surface area contributed by atoms with Crippen LogP contribution in [-0.2, 0) is 0 Å². The molecule has 1 N–H and O–H groups in total. The Balaban J connectivity index is 1.68. The van der Waals surface area contributed by atoms with E-state index in [1.165, 1.54) is 5.56 Å². The summed E-state index contributed by atoms with van der Waals surface area (Å²) in [6.45, 7) is 6.05. The van der Waals surface area contributed by atoms with E-state index in [0.29, 0.717) is 22.8 Å². The summed E-state index contributed by atoms with van der Waals surface area (Å²) in [4.78, 5) is 17.5. The van der Waals surface area contributed by atoms with Crippen molar-refractivity contribution in [2.45, 2.75) is 20.8 Å². The summed E-state index contributed by atoms with van der Waals surface area (Å²) in [6, 6.07) is 21.3. The van der Waals surface area contributed by atoms with Crippen molar-refractivity contribution in [3.05, 3.63) is 95.2 Å². The first-order valence-electron chi connectivity index (χ1n) is 9.53. The number of aromatic nitrogens is 1. The molecule has 0 bridgehead atoms. The van der Waals surface area contributed by atoms with Crippen molar-refractivity contribution in [2.24, 2.45) is 0 Å². The summed E-state index contributed by atoms with van der Waals surface area (Å²) in [5.41, 5.74) is 6.22. The van der Waals surface area contributed by atoms with Crippen molar-refractivity contribution >= 4 is 11.6 Å². The van der Waals surface area contributed by atoms with Gasteiger partial charge in [0.2, 0.25) is 5.89 Å². The van der Waals surface area contributed by atoms with E-state index in [1.807, 2.05) is 69.3 Å². The highest BCUT2D eigenvalue weighted by molar-refractivity contribution is 6.08. The molecule has 0 atom stereocenters. The number of anilines is 1. The van der Waals surface area contributed by atoms with Crippen LogP contribution in [0, 0.1) is 20.8 Å². The Hall–Kier alpha value is -3.66. The lowest BCUT2D eigenvalue weighted by atomic mass is 10.0. The fourth-order valence-corrected chi connectivity index (χ4v) is 3.56. The molecule has 0 radical (unpaired) electrons. The van der Waals surface area contributed by atoms with Crippen molar-refractivity contribution in [1.29, 1.82) is 0 Å². The Labute approximate surface area is 170 Å². The quantitative estimate of drug-likeness (QED) is 0.458. The lowest BCUT2D eigenvalue weighted by molar-refractivity contribution is 0.102. The summed E-state index contributed by atoms with van der Waals surface area (Å²) in [6.07, 6.45) is 1.69. The van der Waals surface area contributed by atoms with Crippen LogP contribution in [0.1, 0.15) is 27.0 Å². The Kier molecular flexibility index (Phi) is 5.00. The van der Waals surface area contributed by atoms with Crippen LogP contribution in [-0.4, -0.2) is 10.9 Å². The zero-order valence-electron chi connectivity index (χ0n) is 16.7. The summed E-state index contributed by atoms with van der Waals surface area (Å²) in [7, 11) is 0. The zero-order valence-corrected chi connectivity index (χ0v) is 16.7. The maximum atomic E-state index is 13.1. The minimum atomic E-state index is -0.185. The number of carbonyl (C=O) groups excluding carboxylic acids is 1. The molecule has 1 aromatic heterocycles. The summed E-state index contributed by atoms with van der Waals surface area (Å²) < 4.78 is 5.97. The molecule has 0 aliphatic heterocycles. The number of rotatable bonds is 4. The van der Waals surface area contributed by atoms with Crippen molar-refractivity contribution in [3.63, 3.8) is 0 Å². The van der Waals surface area contributed by atoms with Gasteiger partial charge in [-0.2, -0.15) is 0 Å². The van der Waals surface area contributed by atoms with Crippen molar-refractivity contribution in [2.75, 3.05) is 5.32 Å². The van der Waals surface area contributed by atoms with Gasteiger partial charge < -0.3 is 9.73 Å². The van der Waals surface area contributed by atoms with E-state index < -0.39 is 0 Å². The molecule has 4 heteroatoms. The fourth-order valence-electron chi connectivity index (χ4n) is 3.56. The molecule has 0 spiro atoms. The van der Waals surface area contributed by atoms with Gasteiger partial charge >= 0.3 is 0 Å². The van der Waals surface area contributed by atoms with Gasteiger partial charge in [0.15, 0.2) is 5.76 Å². The highest BCUT2D eigenvalue weighted by Crippen LogP contribution is 2.29. The van der Waals surface area contributed by atoms with Gasteiger partial charge in [-0.05, 0) is 44.0 Å². The number of carbonyl (C=O) groups is 1. The standard InChI is InChI=1S/C25H22N2O2/c1-16-13-17(2)23(18(3)14-16)27-24(28)20-11-7-8-12-21(20)25-26-15-22(29-25)19-9-5-4-6-10-19/h4-15H,1-3H3,(H,27,28). The average Bonchev–Trinajstić information content (AvgIpc) is 3.21. The number of hydrogen-bond donors (Lipinski definition) is 1. The van der Waals surface area contributed by atoms with Gasteiger partial charge in [-0.1, -0.05) is 60.2 Å². The first kappa shape index (κ1) is 18.7. The van der Waals surface area contributed by atoms with Gasteiger partial charge in [0.05, 0.1) is 11.8 Å². The van der Waals surface area contributed by atoms with Gasteiger partial charge in [0, 0.05) is 16.8 Å².